The van der Waals surface area contributed by atoms with E-state index in [2.05, 4.69) is 0 Å². The monoisotopic (exact) mass is 235 g/mol. The number of rotatable bonds is 5. The lowest BCUT2D eigenvalue weighted by atomic mass is 9.96. The summed E-state index contributed by atoms with van der Waals surface area (Å²) < 4.78 is 26.7. The fraction of sp³-hybridized carbons (Fsp3) is 0.889. The van der Waals surface area contributed by atoms with Gasteiger partial charge < -0.3 is 10.5 Å². The normalized spacial score (nSPS) is 19.3. The molecule has 1 saturated carbocycles. The molecule has 0 aromatic heterocycles. The van der Waals surface area contributed by atoms with Crippen molar-refractivity contribution in [3.63, 3.8) is 0 Å². The summed E-state index contributed by atoms with van der Waals surface area (Å²) in [6, 6.07) is -0.819. The van der Waals surface area contributed by atoms with Gasteiger partial charge in [-0.3, -0.25) is 4.79 Å². The van der Waals surface area contributed by atoms with E-state index in [0.29, 0.717) is 0 Å². The molecule has 1 atom stereocenters. The summed E-state index contributed by atoms with van der Waals surface area (Å²) in [6.45, 7) is 0. The molecule has 1 aliphatic rings. The van der Waals surface area contributed by atoms with E-state index < -0.39 is 21.8 Å². The lowest BCUT2D eigenvalue weighted by molar-refractivity contribution is -0.154. The summed E-state index contributed by atoms with van der Waals surface area (Å²) in [5.74, 6) is -0.558. The molecule has 0 aromatic rings. The summed E-state index contributed by atoms with van der Waals surface area (Å²) in [5, 5.41) is 0. The minimum atomic E-state index is -3.06. The molecule has 88 valence electrons. The van der Waals surface area contributed by atoms with E-state index >= 15 is 0 Å². The van der Waals surface area contributed by atoms with Crippen molar-refractivity contribution >= 4 is 15.8 Å². The second-order valence-corrected chi connectivity index (χ2v) is 6.27. The summed E-state index contributed by atoms with van der Waals surface area (Å²) in [5.41, 5.74) is 5.51. The maximum atomic E-state index is 11.3. The third-order valence-corrected chi connectivity index (χ3v) is 3.41. The van der Waals surface area contributed by atoms with Crippen molar-refractivity contribution < 1.29 is 17.9 Å². The summed E-state index contributed by atoms with van der Waals surface area (Å²) in [6.07, 6.45) is 4.12. The molecule has 5 nitrogen and oxygen atoms in total. The van der Waals surface area contributed by atoms with Crippen LogP contribution in [0, 0.1) is 0 Å². The van der Waals surface area contributed by atoms with Gasteiger partial charge in [0.15, 0.2) is 0 Å². The number of sulfone groups is 1. The Balaban J connectivity index is 2.26. The van der Waals surface area contributed by atoms with Gasteiger partial charge in [-0.2, -0.15) is 0 Å². The van der Waals surface area contributed by atoms with E-state index in [1.807, 2.05) is 0 Å². The molecule has 0 amide bonds. The Morgan fingerprint density at radius 2 is 2.13 bits per heavy atom. The number of ether oxygens (including phenoxy) is 1. The van der Waals surface area contributed by atoms with Crippen LogP contribution in [0.3, 0.4) is 0 Å². The maximum Gasteiger partial charge on any atom is 0.323 e. The zero-order chi connectivity index (χ0) is 11.5. The molecule has 0 saturated heterocycles. The fourth-order valence-corrected chi connectivity index (χ4v) is 1.88. The highest BCUT2D eigenvalue weighted by molar-refractivity contribution is 7.90. The molecule has 1 rings (SSSR count). The van der Waals surface area contributed by atoms with Crippen LogP contribution in [0.4, 0.5) is 0 Å². The van der Waals surface area contributed by atoms with E-state index in [4.69, 9.17) is 10.5 Å². The Labute approximate surface area is 89.9 Å². The van der Waals surface area contributed by atoms with Crippen molar-refractivity contribution in [2.45, 2.75) is 37.8 Å². The van der Waals surface area contributed by atoms with Crippen LogP contribution in [-0.4, -0.2) is 38.5 Å². The molecule has 1 unspecified atom stereocenters. The minimum absolute atomic E-state index is 0.00165. The molecule has 1 aliphatic carbocycles. The second-order valence-electron chi connectivity index (χ2n) is 4.01. The molecule has 0 spiro atoms. The first kappa shape index (κ1) is 12.4. The molecule has 0 aromatic carbocycles. The highest BCUT2D eigenvalue weighted by Gasteiger charge is 2.25. The molecule has 6 heteroatoms. The van der Waals surface area contributed by atoms with E-state index in [-0.39, 0.29) is 18.3 Å². The first-order valence-corrected chi connectivity index (χ1v) is 7.08. The molecular formula is C9H17NO4S. The fourth-order valence-electron chi connectivity index (χ4n) is 1.20. The van der Waals surface area contributed by atoms with Crippen LogP contribution >= 0.6 is 0 Å². The summed E-state index contributed by atoms with van der Waals surface area (Å²) in [7, 11) is -3.06. The molecule has 0 heterocycles. The van der Waals surface area contributed by atoms with Crippen LogP contribution < -0.4 is 5.73 Å². The molecule has 2 N–H and O–H groups in total. The van der Waals surface area contributed by atoms with Gasteiger partial charge in [0.1, 0.15) is 22.0 Å². The first-order chi connectivity index (χ1) is 6.88. The zero-order valence-electron chi connectivity index (χ0n) is 8.81. The van der Waals surface area contributed by atoms with Crippen LogP contribution in [-0.2, 0) is 19.4 Å². The highest BCUT2D eigenvalue weighted by Crippen LogP contribution is 2.22. The number of nitrogens with two attached hydrogens (primary N) is 1. The van der Waals surface area contributed by atoms with Crippen molar-refractivity contribution in [2.24, 2.45) is 5.73 Å². The Kier molecular flexibility index (Phi) is 4.10. The average molecular weight is 235 g/mol. The van der Waals surface area contributed by atoms with Gasteiger partial charge in [-0.25, -0.2) is 8.42 Å². The number of carbonyl (C=O) groups is 1. The number of carbonyl (C=O) groups excluding carboxylic acids is 1. The van der Waals surface area contributed by atoms with Crippen molar-refractivity contribution in [3.8, 4) is 0 Å². The van der Waals surface area contributed by atoms with Crippen molar-refractivity contribution in [1.82, 2.24) is 0 Å². The average Bonchev–Trinajstić information content (AvgIpc) is 2.05. The molecular weight excluding hydrogens is 218 g/mol. The van der Waals surface area contributed by atoms with E-state index in [1.165, 1.54) is 0 Å². The number of hydrogen-bond donors (Lipinski definition) is 1. The predicted molar refractivity (Wildman–Crippen MR) is 56.0 cm³/mol. The third kappa shape index (κ3) is 4.61. The summed E-state index contributed by atoms with van der Waals surface area (Å²) >= 11 is 0. The van der Waals surface area contributed by atoms with Crippen molar-refractivity contribution in [1.29, 1.82) is 0 Å². The Morgan fingerprint density at radius 1 is 1.53 bits per heavy atom. The van der Waals surface area contributed by atoms with Crippen LogP contribution in [0.15, 0.2) is 0 Å². The second kappa shape index (κ2) is 4.94. The summed E-state index contributed by atoms with van der Waals surface area (Å²) in [4.78, 5) is 11.3. The zero-order valence-corrected chi connectivity index (χ0v) is 9.63. The lowest BCUT2D eigenvalue weighted by Crippen LogP contribution is -2.38. The van der Waals surface area contributed by atoms with E-state index in [0.717, 1.165) is 25.5 Å². The maximum absolute atomic E-state index is 11.3. The van der Waals surface area contributed by atoms with Gasteiger partial charge in [0.25, 0.3) is 0 Å². The van der Waals surface area contributed by atoms with E-state index in [1.54, 1.807) is 0 Å². The predicted octanol–water partition coefficient (Wildman–Crippen LogP) is -0.156. The van der Waals surface area contributed by atoms with Crippen LogP contribution in [0.5, 0.6) is 0 Å². The lowest BCUT2D eigenvalue weighted by Gasteiger charge is -2.26. The van der Waals surface area contributed by atoms with Gasteiger partial charge in [0, 0.05) is 6.26 Å². The minimum Gasteiger partial charge on any atom is -0.461 e. The van der Waals surface area contributed by atoms with Gasteiger partial charge in [-0.15, -0.1) is 0 Å². The molecule has 15 heavy (non-hydrogen) atoms. The Morgan fingerprint density at radius 3 is 2.53 bits per heavy atom. The molecule has 0 radical (unpaired) electrons. The van der Waals surface area contributed by atoms with Gasteiger partial charge in [-0.05, 0) is 25.7 Å². The topological polar surface area (TPSA) is 86.5 Å². The standard InChI is InChI=1S/C9H17NO4S/c1-15(12,13)6-5-8(10)9(11)14-7-3-2-4-7/h7-8H,2-6,10H2,1H3. The SMILES string of the molecule is CS(=O)(=O)CCC(N)C(=O)OC1CCC1. The Hall–Kier alpha value is -0.620. The van der Waals surface area contributed by atoms with Gasteiger partial charge in [0.2, 0.25) is 0 Å². The number of hydrogen-bond acceptors (Lipinski definition) is 5. The van der Waals surface area contributed by atoms with Crippen LogP contribution in [0.1, 0.15) is 25.7 Å². The highest BCUT2D eigenvalue weighted by atomic mass is 32.2. The molecule has 0 bridgehead atoms. The Bertz CT molecular complexity index is 321. The number of esters is 1. The largest absolute Gasteiger partial charge is 0.461 e. The van der Waals surface area contributed by atoms with Crippen LogP contribution in [0.2, 0.25) is 0 Å². The van der Waals surface area contributed by atoms with Gasteiger partial charge in [-0.1, -0.05) is 0 Å². The van der Waals surface area contributed by atoms with Crippen LogP contribution in [0.25, 0.3) is 0 Å². The quantitative estimate of drug-likeness (QED) is 0.669. The smallest absolute Gasteiger partial charge is 0.323 e. The first-order valence-electron chi connectivity index (χ1n) is 5.02. The molecule has 1 fully saturated rings. The van der Waals surface area contributed by atoms with Gasteiger partial charge >= 0.3 is 5.97 Å². The van der Waals surface area contributed by atoms with E-state index in [9.17, 15) is 13.2 Å². The third-order valence-electron chi connectivity index (χ3n) is 2.44. The van der Waals surface area contributed by atoms with Gasteiger partial charge in [0.05, 0.1) is 5.75 Å². The van der Waals surface area contributed by atoms with Crippen molar-refractivity contribution in [2.75, 3.05) is 12.0 Å². The van der Waals surface area contributed by atoms with Crippen molar-refractivity contribution in [3.05, 3.63) is 0 Å². The molecule has 0 aliphatic heterocycles.